The maximum atomic E-state index is 14.1. The minimum absolute atomic E-state index is 0.0693. The van der Waals surface area contributed by atoms with Crippen LogP contribution in [-0.4, -0.2) is 80.0 Å². The Bertz CT molecular complexity index is 1730. The molecule has 6 atom stereocenters. The highest BCUT2D eigenvalue weighted by Gasteiger charge is 2.53. The highest BCUT2D eigenvalue weighted by Crippen LogP contribution is 2.44. The molecule has 0 saturated carbocycles. The number of nitrogens with one attached hydrogen (secondary N) is 1. The molecule has 1 aliphatic heterocycles. The van der Waals surface area contributed by atoms with Gasteiger partial charge in [-0.15, -0.1) is 0 Å². The molecule has 2 aromatic heterocycles. The molecule has 0 radical (unpaired) electrons. The van der Waals surface area contributed by atoms with Crippen LogP contribution < -0.4 is 10.8 Å². The highest BCUT2D eigenvalue weighted by molar-refractivity contribution is 7.50. The van der Waals surface area contributed by atoms with Crippen LogP contribution in [-0.2, 0) is 29.9 Å². The van der Waals surface area contributed by atoms with E-state index in [4.69, 9.17) is 24.5 Å². The van der Waals surface area contributed by atoms with Crippen molar-refractivity contribution in [3.8, 4) is 6.07 Å². The van der Waals surface area contributed by atoms with E-state index in [0.29, 0.717) is 23.4 Å². The maximum Gasteiger partial charge on any atom is 0.403 e. The Morgan fingerprint density at radius 2 is 1.65 bits per heavy atom. The summed E-state index contributed by atoms with van der Waals surface area (Å²) in [7, 11) is -4.51. The van der Waals surface area contributed by atoms with Gasteiger partial charge in [0.1, 0.15) is 41.6 Å². The van der Waals surface area contributed by atoms with Gasteiger partial charge >= 0.3 is 7.75 Å². The summed E-state index contributed by atoms with van der Waals surface area (Å²) in [4.78, 5) is 14.7. The van der Waals surface area contributed by atoms with Crippen molar-refractivity contribution >= 4 is 19.1 Å². The number of ether oxygens (including phenoxy) is 3. The normalized spacial score (nSPS) is 21.2. The lowest BCUT2D eigenvalue weighted by Gasteiger charge is -2.28. The van der Waals surface area contributed by atoms with Crippen LogP contribution in [0.2, 0.25) is 0 Å². The molecule has 57 heavy (non-hydrogen) atoms. The number of aromatic nitrogens is 3. The van der Waals surface area contributed by atoms with E-state index in [9.17, 15) is 29.3 Å². The fourth-order valence-electron chi connectivity index (χ4n) is 7.12. The van der Waals surface area contributed by atoms with E-state index in [1.54, 1.807) is 12.1 Å². The molecular weight excluding hydrogens is 754 g/mol. The molecule has 14 nitrogen and oxygen atoms in total. The molecule has 1 fully saturated rings. The zero-order valence-corrected chi connectivity index (χ0v) is 34.6. The first-order valence-electron chi connectivity index (χ1n) is 20.7. The number of nitrogens with zero attached hydrogens (tertiary/aromatic N) is 4. The molecule has 1 aliphatic rings. The first-order chi connectivity index (χ1) is 27.5. The van der Waals surface area contributed by atoms with E-state index in [0.717, 1.165) is 25.3 Å². The lowest BCUT2D eigenvalue weighted by molar-refractivity contribution is -0.0967. The molecule has 0 aliphatic carbocycles. The zero-order chi connectivity index (χ0) is 41.1. The molecule has 1 saturated heterocycles. The monoisotopic (exact) mass is 818 g/mol. The number of nitrogens with two attached hydrogens (primary N) is 1. The topological polar surface area (TPSA) is 207 Å². The summed E-state index contributed by atoms with van der Waals surface area (Å²) in [5, 5.41) is 37.8. The van der Waals surface area contributed by atoms with Gasteiger partial charge in [0, 0.05) is 13.2 Å². The summed E-state index contributed by atoms with van der Waals surface area (Å²) in [6, 6.07) is 9.12. The van der Waals surface area contributed by atoms with Crippen molar-refractivity contribution in [3.05, 3.63) is 59.3 Å². The standard InChI is InChI=1S/C41H64FN6O8P/c1-3-4-5-6-7-8-9-10-11-12-13-14-15-16-17-18-21-53-28-34(54-27-32-22-31(25-43)23-33(42)24-32)26-47-57(51,52)55-29-41(2)39(50)37(49)38(56-41)35-19-20-36-40(44)45-30-46-48(35)36/h19-20,22-24,30,34,37-39,49-50H,3-18,21,26-29H2,1-2H3,(H2,44,45,46)(H2,47,51,52)/t34-,37-,38-,39-,41+/m0/s1. The number of halogens is 1. The van der Waals surface area contributed by atoms with Gasteiger partial charge in [0.05, 0.1) is 43.3 Å². The van der Waals surface area contributed by atoms with Crippen molar-refractivity contribution in [2.75, 3.05) is 32.1 Å². The van der Waals surface area contributed by atoms with Gasteiger partial charge in [-0.25, -0.2) is 23.5 Å². The summed E-state index contributed by atoms with van der Waals surface area (Å²) >= 11 is 0. The third-order valence-electron chi connectivity index (χ3n) is 10.5. The molecule has 16 heteroatoms. The number of hydrogen-bond acceptors (Lipinski definition) is 11. The molecule has 0 bridgehead atoms. The largest absolute Gasteiger partial charge is 0.403 e. The first-order valence-corrected chi connectivity index (χ1v) is 22.3. The van der Waals surface area contributed by atoms with Crippen molar-refractivity contribution in [2.45, 2.75) is 153 Å². The number of hydrogen-bond donors (Lipinski definition) is 5. The van der Waals surface area contributed by atoms with Crippen LogP contribution in [0.4, 0.5) is 10.2 Å². The van der Waals surface area contributed by atoms with E-state index >= 15 is 0 Å². The second-order valence-electron chi connectivity index (χ2n) is 15.4. The summed E-state index contributed by atoms with van der Waals surface area (Å²) in [5.41, 5.74) is 5.82. The zero-order valence-electron chi connectivity index (χ0n) is 33.7. The lowest BCUT2D eigenvalue weighted by Crippen LogP contribution is -2.44. The second kappa shape index (κ2) is 24.1. The quantitative estimate of drug-likeness (QED) is 0.0341. The second-order valence-corrected chi connectivity index (χ2v) is 17.0. The van der Waals surface area contributed by atoms with Gasteiger partial charge in [0.15, 0.2) is 5.82 Å². The van der Waals surface area contributed by atoms with Crippen LogP contribution in [0, 0.1) is 17.1 Å². The van der Waals surface area contributed by atoms with E-state index in [1.165, 1.54) is 113 Å². The summed E-state index contributed by atoms with van der Waals surface area (Å²) < 4.78 is 52.0. The Morgan fingerprint density at radius 1 is 1.02 bits per heavy atom. The third-order valence-corrected chi connectivity index (χ3v) is 11.6. The van der Waals surface area contributed by atoms with Gasteiger partial charge in [0.25, 0.3) is 0 Å². The van der Waals surface area contributed by atoms with Crippen molar-refractivity contribution in [3.63, 3.8) is 0 Å². The van der Waals surface area contributed by atoms with Crippen LogP contribution in [0.3, 0.4) is 0 Å². The number of nitriles is 1. The minimum Gasteiger partial charge on any atom is -0.387 e. The van der Waals surface area contributed by atoms with Crippen molar-refractivity contribution in [1.82, 2.24) is 19.7 Å². The number of anilines is 1. The van der Waals surface area contributed by atoms with E-state index in [2.05, 4.69) is 22.1 Å². The Hall–Kier alpha value is -3.03. The summed E-state index contributed by atoms with van der Waals surface area (Å²) in [6.45, 7) is 3.49. The molecule has 0 amide bonds. The number of unbranched alkanes of at least 4 members (excludes halogenated alkanes) is 15. The van der Waals surface area contributed by atoms with E-state index in [1.807, 2.05) is 6.07 Å². The number of aliphatic hydroxyl groups excluding tert-OH is 2. The van der Waals surface area contributed by atoms with E-state index in [-0.39, 0.29) is 31.1 Å². The number of fused-ring (bicyclic) bond motifs is 1. The van der Waals surface area contributed by atoms with Crippen LogP contribution in [0.5, 0.6) is 0 Å². The van der Waals surface area contributed by atoms with Gasteiger partial charge in [-0.2, -0.15) is 10.4 Å². The Labute approximate surface area is 336 Å². The molecule has 3 heterocycles. The SMILES string of the molecule is CCCCCCCCCCCCCCCCCCOC[C@H](CNP(=O)(O)OC[C@@]1(C)O[C@@H](c2ccc3c(N)ncnn23)[C@H](O)[C@@H]1O)OCc1cc(F)cc(C#N)c1. The van der Waals surface area contributed by atoms with Gasteiger partial charge < -0.3 is 35.1 Å². The summed E-state index contributed by atoms with van der Waals surface area (Å²) in [5.74, 6) is -0.353. The molecule has 318 valence electrons. The maximum absolute atomic E-state index is 14.1. The van der Waals surface area contributed by atoms with Gasteiger partial charge in [-0.1, -0.05) is 103 Å². The fraction of sp³-hybridized carbons (Fsp3) is 0.683. The lowest BCUT2D eigenvalue weighted by atomic mass is 9.97. The minimum atomic E-state index is -4.51. The molecule has 1 aromatic carbocycles. The predicted molar refractivity (Wildman–Crippen MR) is 215 cm³/mol. The first kappa shape index (κ1) is 46.7. The van der Waals surface area contributed by atoms with Gasteiger partial charge in [-0.3, -0.25) is 4.52 Å². The van der Waals surface area contributed by atoms with Gasteiger partial charge in [-0.05, 0) is 49.2 Å². The molecule has 4 rings (SSSR count). The molecule has 1 unspecified atom stereocenters. The Balaban J connectivity index is 1.19. The van der Waals surface area contributed by atoms with Crippen molar-refractivity contribution in [1.29, 1.82) is 5.26 Å². The van der Waals surface area contributed by atoms with Crippen LogP contribution in [0.15, 0.2) is 36.7 Å². The van der Waals surface area contributed by atoms with Crippen LogP contribution >= 0.6 is 7.75 Å². The Morgan fingerprint density at radius 3 is 2.28 bits per heavy atom. The molecule has 3 aromatic rings. The third kappa shape index (κ3) is 15.3. The van der Waals surface area contributed by atoms with Crippen LogP contribution in [0.25, 0.3) is 5.52 Å². The van der Waals surface area contributed by atoms with E-state index < -0.39 is 50.2 Å². The van der Waals surface area contributed by atoms with Crippen LogP contribution in [0.1, 0.15) is 140 Å². The number of nitrogen functional groups attached to an aromatic ring is 1. The number of rotatable bonds is 29. The molecular formula is C41H64FN6O8P. The number of benzene rings is 1. The molecule has 0 spiro atoms. The highest BCUT2D eigenvalue weighted by atomic mass is 31.2. The predicted octanol–water partition coefficient (Wildman–Crippen LogP) is 7.44. The van der Waals surface area contributed by atoms with Crippen molar-refractivity contribution < 1.29 is 42.8 Å². The smallest absolute Gasteiger partial charge is 0.387 e. The van der Waals surface area contributed by atoms with Crippen molar-refractivity contribution in [2.24, 2.45) is 0 Å². The fourth-order valence-corrected chi connectivity index (χ4v) is 8.08. The average molecular weight is 819 g/mol. The average Bonchev–Trinajstić information content (AvgIpc) is 3.72. The number of aliphatic hydroxyl groups is 2. The van der Waals surface area contributed by atoms with Gasteiger partial charge in [0.2, 0.25) is 0 Å². The Kier molecular flexibility index (Phi) is 19.8. The summed E-state index contributed by atoms with van der Waals surface area (Å²) in [6.07, 6.45) is 16.9. The molecule has 6 N–H and O–H groups in total.